The van der Waals surface area contributed by atoms with Crippen molar-refractivity contribution < 1.29 is 4.42 Å². The molecule has 2 aromatic heterocycles. The van der Waals surface area contributed by atoms with E-state index in [2.05, 4.69) is 15.2 Å². The number of H-pyrrole nitrogens is 2. The van der Waals surface area contributed by atoms with Gasteiger partial charge in [0.05, 0.1) is 0 Å². The van der Waals surface area contributed by atoms with Crippen LogP contribution >= 0.6 is 12.2 Å². The number of fused-ring (bicyclic) bond motifs is 1. The van der Waals surface area contributed by atoms with E-state index in [0.717, 1.165) is 11.1 Å². The largest absolute Gasteiger partial charge is 0.423 e. The van der Waals surface area contributed by atoms with Crippen molar-refractivity contribution in [2.24, 2.45) is 0 Å². The molecule has 0 saturated carbocycles. The van der Waals surface area contributed by atoms with Crippen LogP contribution in [0.25, 0.3) is 22.2 Å². The van der Waals surface area contributed by atoms with Crippen molar-refractivity contribution in [2.45, 2.75) is 13.8 Å². The van der Waals surface area contributed by atoms with Gasteiger partial charge in [0.25, 0.3) is 5.56 Å². The minimum absolute atomic E-state index is 0.102. The number of hydrogen-bond acceptors (Lipinski definition) is 5. The van der Waals surface area contributed by atoms with Crippen molar-refractivity contribution in [3.8, 4) is 11.3 Å². The Balaban J connectivity index is 2.47. The summed E-state index contributed by atoms with van der Waals surface area (Å²) in [7, 11) is 0. The topological polar surface area (TPSA) is 91.8 Å². The van der Waals surface area contributed by atoms with E-state index in [1.165, 1.54) is 6.07 Å². The molecule has 106 valence electrons. The fraction of sp³-hybridized carbons (Fsp3) is 0.143. The van der Waals surface area contributed by atoms with Gasteiger partial charge in [-0.25, -0.2) is 4.79 Å². The molecule has 0 fully saturated rings. The monoisotopic (exact) mass is 301 g/mol. The molecule has 0 spiro atoms. The third kappa shape index (κ3) is 2.31. The summed E-state index contributed by atoms with van der Waals surface area (Å²) in [6, 6.07) is 4.89. The number of hydrogen-bond donors (Lipinski definition) is 2. The average molecular weight is 301 g/mol. The third-order valence-corrected chi connectivity index (χ3v) is 3.52. The molecule has 0 aliphatic heterocycles. The summed E-state index contributed by atoms with van der Waals surface area (Å²) in [5.74, 6) is 0. The maximum Gasteiger partial charge on any atom is 0.336 e. The zero-order valence-electron chi connectivity index (χ0n) is 11.3. The van der Waals surface area contributed by atoms with Crippen LogP contribution in [0.4, 0.5) is 0 Å². The lowest BCUT2D eigenvalue weighted by molar-refractivity contribution is 0.561. The van der Waals surface area contributed by atoms with Crippen LogP contribution in [-0.4, -0.2) is 15.2 Å². The van der Waals surface area contributed by atoms with Gasteiger partial charge in [0.15, 0.2) is 10.5 Å². The van der Waals surface area contributed by atoms with E-state index in [0.29, 0.717) is 16.5 Å². The molecule has 0 amide bonds. The maximum absolute atomic E-state index is 12.0. The van der Waals surface area contributed by atoms with Gasteiger partial charge in [0.1, 0.15) is 5.58 Å². The lowest BCUT2D eigenvalue weighted by atomic mass is 10.0. The Morgan fingerprint density at radius 1 is 1.14 bits per heavy atom. The van der Waals surface area contributed by atoms with Gasteiger partial charge < -0.3 is 4.42 Å². The van der Waals surface area contributed by atoms with Crippen LogP contribution in [0.3, 0.4) is 0 Å². The van der Waals surface area contributed by atoms with Gasteiger partial charge in [-0.3, -0.25) is 14.9 Å². The smallest absolute Gasteiger partial charge is 0.336 e. The molecule has 1 aromatic carbocycles. The second-order valence-corrected chi connectivity index (χ2v) is 5.18. The highest BCUT2D eigenvalue weighted by atomic mass is 32.1. The van der Waals surface area contributed by atoms with Crippen LogP contribution in [0.15, 0.2) is 32.2 Å². The Bertz CT molecular complexity index is 1030. The first-order valence-corrected chi connectivity index (χ1v) is 6.61. The van der Waals surface area contributed by atoms with Crippen molar-refractivity contribution in [3.05, 3.63) is 54.9 Å². The summed E-state index contributed by atoms with van der Waals surface area (Å²) in [4.78, 5) is 26.2. The fourth-order valence-corrected chi connectivity index (χ4v) is 2.28. The predicted molar refractivity (Wildman–Crippen MR) is 81.0 cm³/mol. The van der Waals surface area contributed by atoms with E-state index < -0.39 is 11.2 Å². The molecule has 2 heterocycles. The van der Waals surface area contributed by atoms with Crippen LogP contribution in [0.2, 0.25) is 0 Å². The van der Waals surface area contributed by atoms with E-state index in [1.54, 1.807) is 6.07 Å². The molecule has 6 nitrogen and oxygen atoms in total. The molecule has 0 bridgehead atoms. The van der Waals surface area contributed by atoms with E-state index in [4.69, 9.17) is 16.6 Å². The molecule has 3 aromatic rings. The highest BCUT2D eigenvalue weighted by Gasteiger charge is 2.13. The first-order valence-electron chi connectivity index (χ1n) is 6.20. The van der Waals surface area contributed by atoms with Gasteiger partial charge in [-0.05, 0) is 49.3 Å². The zero-order valence-corrected chi connectivity index (χ0v) is 12.1. The maximum atomic E-state index is 12.0. The Morgan fingerprint density at radius 3 is 2.57 bits per heavy atom. The minimum Gasteiger partial charge on any atom is -0.423 e. The molecule has 2 N–H and O–H groups in total. The summed E-state index contributed by atoms with van der Waals surface area (Å²) in [6.45, 7) is 3.87. The highest BCUT2D eigenvalue weighted by Crippen LogP contribution is 2.26. The first-order chi connectivity index (χ1) is 9.95. The van der Waals surface area contributed by atoms with Crippen LogP contribution in [-0.2, 0) is 0 Å². The van der Waals surface area contributed by atoms with Crippen LogP contribution < -0.4 is 11.2 Å². The summed E-state index contributed by atoms with van der Waals surface area (Å²) in [6.07, 6.45) is 0. The number of aryl methyl sites for hydroxylation is 2. The lowest BCUT2D eigenvalue weighted by Gasteiger charge is -2.07. The Labute approximate surface area is 123 Å². The zero-order chi connectivity index (χ0) is 15.1. The third-order valence-electron chi connectivity index (χ3n) is 3.33. The number of aromatic amines is 2. The average Bonchev–Trinajstić information content (AvgIpc) is 2.40. The van der Waals surface area contributed by atoms with Crippen LogP contribution in [0.5, 0.6) is 0 Å². The highest BCUT2D eigenvalue weighted by molar-refractivity contribution is 7.71. The number of benzene rings is 1. The van der Waals surface area contributed by atoms with Crippen molar-refractivity contribution in [3.63, 3.8) is 0 Å². The first kappa shape index (κ1) is 13.4. The predicted octanol–water partition coefficient (Wildman–Crippen LogP) is 2.22. The van der Waals surface area contributed by atoms with E-state index in [-0.39, 0.29) is 10.5 Å². The van der Waals surface area contributed by atoms with E-state index in [9.17, 15) is 9.59 Å². The molecule has 0 saturated heterocycles. The molecular weight excluding hydrogens is 290 g/mol. The van der Waals surface area contributed by atoms with Crippen LogP contribution in [0.1, 0.15) is 11.1 Å². The molecule has 0 unspecified atom stereocenters. The number of nitrogens with zero attached hydrogens (tertiary/aromatic N) is 1. The van der Waals surface area contributed by atoms with Crippen molar-refractivity contribution in [1.29, 1.82) is 0 Å². The standard InChI is InChI=1S/C14H11N3O3S/c1-6-3-8-9(12-13(19)15-14(21)17-16-12)5-11(18)20-10(8)4-7(6)2/h3-5H,1-2H3,(H2,15,17,19,21). The second kappa shape index (κ2) is 4.78. The molecule has 7 heteroatoms. The van der Waals surface area contributed by atoms with Gasteiger partial charge in [-0.15, -0.1) is 0 Å². The van der Waals surface area contributed by atoms with E-state index >= 15 is 0 Å². The fourth-order valence-electron chi connectivity index (χ4n) is 2.14. The molecular formula is C14H11N3O3S. The van der Waals surface area contributed by atoms with Gasteiger partial charge in [0.2, 0.25) is 0 Å². The second-order valence-electron chi connectivity index (χ2n) is 4.77. The van der Waals surface area contributed by atoms with Gasteiger partial charge in [-0.1, -0.05) is 0 Å². The van der Waals surface area contributed by atoms with Crippen molar-refractivity contribution >= 4 is 23.2 Å². The summed E-state index contributed by atoms with van der Waals surface area (Å²) in [5.41, 5.74) is 1.97. The summed E-state index contributed by atoms with van der Waals surface area (Å²) < 4.78 is 5.32. The Morgan fingerprint density at radius 2 is 1.86 bits per heavy atom. The van der Waals surface area contributed by atoms with Crippen molar-refractivity contribution in [1.82, 2.24) is 15.2 Å². The molecule has 0 radical (unpaired) electrons. The van der Waals surface area contributed by atoms with Gasteiger partial charge >= 0.3 is 5.63 Å². The normalized spacial score (nSPS) is 11.0. The van der Waals surface area contributed by atoms with Crippen LogP contribution in [0, 0.1) is 18.6 Å². The molecule has 0 aliphatic carbocycles. The number of rotatable bonds is 1. The molecule has 0 atom stereocenters. The van der Waals surface area contributed by atoms with Gasteiger partial charge in [-0.2, -0.15) is 5.10 Å². The van der Waals surface area contributed by atoms with E-state index in [1.807, 2.05) is 19.9 Å². The summed E-state index contributed by atoms with van der Waals surface area (Å²) in [5, 5.41) is 7.12. The lowest BCUT2D eigenvalue weighted by Crippen LogP contribution is -2.14. The SMILES string of the molecule is Cc1cc2oc(=O)cc(-c3n[nH]c(=S)[nH]c3=O)c2cc1C. The minimum atomic E-state index is -0.538. The number of aromatic nitrogens is 3. The molecule has 3 rings (SSSR count). The number of nitrogens with one attached hydrogen (secondary N) is 2. The summed E-state index contributed by atoms with van der Waals surface area (Å²) >= 11 is 4.81. The van der Waals surface area contributed by atoms with Crippen molar-refractivity contribution in [2.75, 3.05) is 0 Å². The molecule has 0 aliphatic rings. The Hall–Kier alpha value is -2.54. The molecule has 21 heavy (non-hydrogen) atoms. The van der Waals surface area contributed by atoms with Gasteiger partial charge in [0, 0.05) is 17.0 Å². The Kier molecular flexibility index (Phi) is 3.06. The quantitative estimate of drug-likeness (QED) is 0.531.